The van der Waals surface area contributed by atoms with Crippen LogP contribution < -0.4 is 5.32 Å². The van der Waals surface area contributed by atoms with E-state index in [4.69, 9.17) is 0 Å². The Kier molecular flexibility index (Phi) is 4.20. The molecule has 0 aromatic heterocycles. The average molecular weight is 275 g/mol. The molecule has 19 heavy (non-hydrogen) atoms. The Bertz CT molecular complexity index is 398. The van der Waals surface area contributed by atoms with Crippen LogP contribution in [0.3, 0.4) is 0 Å². The van der Waals surface area contributed by atoms with Crippen molar-refractivity contribution < 1.29 is 13.2 Å². The highest BCUT2D eigenvalue weighted by molar-refractivity contribution is 5.37. The number of nitrogens with one attached hydrogen (secondary N) is 1. The summed E-state index contributed by atoms with van der Waals surface area (Å²) in [6.07, 6.45) is -1.85. The van der Waals surface area contributed by atoms with E-state index in [1.165, 1.54) is 6.08 Å². The fraction of sp³-hybridized carbons (Fsp3) is 0.692. The van der Waals surface area contributed by atoms with Crippen LogP contribution in [0.5, 0.6) is 0 Å². The second-order valence-electron chi connectivity index (χ2n) is 5.21. The molecule has 0 radical (unpaired) electrons. The monoisotopic (exact) mass is 275 g/mol. The smallest absolute Gasteiger partial charge is 0.391 e. The van der Waals surface area contributed by atoms with Crippen LogP contribution >= 0.6 is 0 Å². The lowest BCUT2D eigenvalue weighted by atomic mass is 9.94. The van der Waals surface area contributed by atoms with Gasteiger partial charge in [-0.1, -0.05) is 0 Å². The van der Waals surface area contributed by atoms with Crippen molar-refractivity contribution in [3.8, 4) is 0 Å². The van der Waals surface area contributed by atoms with Crippen LogP contribution in [0.4, 0.5) is 13.2 Å². The van der Waals surface area contributed by atoms with Gasteiger partial charge in [0.25, 0.3) is 0 Å². The van der Waals surface area contributed by atoms with Crippen molar-refractivity contribution in [3.05, 3.63) is 22.9 Å². The maximum Gasteiger partial charge on any atom is 0.416 e. The normalized spacial score (nSPS) is 22.9. The molecule has 1 fully saturated rings. The van der Waals surface area contributed by atoms with Gasteiger partial charge >= 0.3 is 6.18 Å². The first-order valence-electron chi connectivity index (χ1n) is 6.48. The molecule has 1 heterocycles. The average Bonchev–Trinajstić information content (AvgIpc) is 2.74. The summed E-state index contributed by atoms with van der Waals surface area (Å²) in [5.74, 6) is 0. The Morgan fingerprint density at radius 1 is 1.26 bits per heavy atom. The van der Waals surface area contributed by atoms with E-state index in [1.807, 2.05) is 7.05 Å². The summed E-state index contributed by atoms with van der Waals surface area (Å²) >= 11 is 0. The Labute approximate surface area is 111 Å². The Balaban J connectivity index is 2.18. The molecule has 0 saturated carbocycles. The molecule has 0 atom stereocenters. The number of hydrogen-bond acceptors (Lipinski definition) is 3. The molecule has 3 nitrogen and oxygen atoms in total. The van der Waals surface area contributed by atoms with Crippen LogP contribution in [0.25, 0.3) is 0 Å². The SMILES string of the molecule is CNC1=CC(C(F)(F)F)=C(CN2CCN(C)C2)CC1. The molecule has 1 aliphatic heterocycles. The van der Waals surface area contributed by atoms with Gasteiger partial charge in [-0.25, -0.2) is 0 Å². The molecule has 6 heteroatoms. The molecular formula is C13H20F3N3. The van der Waals surface area contributed by atoms with Crippen LogP contribution in [-0.2, 0) is 0 Å². The Hall–Kier alpha value is -1.01. The highest BCUT2D eigenvalue weighted by atomic mass is 19.4. The van der Waals surface area contributed by atoms with Crippen molar-refractivity contribution in [2.45, 2.75) is 19.0 Å². The summed E-state index contributed by atoms with van der Waals surface area (Å²) in [7, 11) is 3.65. The molecule has 2 aliphatic rings. The molecule has 0 unspecified atom stereocenters. The van der Waals surface area contributed by atoms with Crippen LogP contribution in [0.2, 0.25) is 0 Å². The standard InChI is InChI=1S/C13H20F3N3/c1-17-11-4-3-10(12(7-11)13(14,15)16)8-19-6-5-18(2)9-19/h7,17H,3-6,8-9H2,1-2H3. The summed E-state index contributed by atoms with van der Waals surface area (Å²) in [5.41, 5.74) is 0.717. The van der Waals surface area contributed by atoms with E-state index >= 15 is 0 Å². The minimum atomic E-state index is -4.26. The third-order valence-corrected chi connectivity index (χ3v) is 3.68. The lowest BCUT2D eigenvalue weighted by Gasteiger charge is -2.25. The van der Waals surface area contributed by atoms with Crippen LogP contribution in [0.1, 0.15) is 12.8 Å². The van der Waals surface area contributed by atoms with Crippen molar-refractivity contribution in [1.82, 2.24) is 15.1 Å². The van der Waals surface area contributed by atoms with Crippen molar-refractivity contribution in [3.63, 3.8) is 0 Å². The van der Waals surface area contributed by atoms with Gasteiger partial charge in [0.05, 0.1) is 12.2 Å². The van der Waals surface area contributed by atoms with Crippen LogP contribution in [-0.4, -0.2) is 56.4 Å². The largest absolute Gasteiger partial charge is 0.416 e. The first kappa shape index (κ1) is 14.4. The van der Waals surface area contributed by atoms with Gasteiger partial charge in [0.15, 0.2) is 0 Å². The molecule has 108 valence electrons. The number of hydrogen-bond donors (Lipinski definition) is 1. The number of rotatable bonds is 3. The van der Waals surface area contributed by atoms with Crippen molar-refractivity contribution in [1.29, 1.82) is 0 Å². The lowest BCUT2D eigenvalue weighted by Crippen LogP contribution is -2.29. The molecule has 1 aliphatic carbocycles. The molecule has 2 rings (SSSR count). The zero-order valence-electron chi connectivity index (χ0n) is 11.3. The number of likely N-dealkylation sites (N-methyl/N-ethyl adjacent to an activating group) is 1. The number of halogens is 3. The maximum atomic E-state index is 13.1. The molecule has 0 spiro atoms. The van der Waals surface area contributed by atoms with Gasteiger partial charge in [0.1, 0.15) is 0 Å². The predicted molar refractivity (Wildman–Crippen MR) is 68.5 cm³/mol. The van der Waals surface area contributed by atoms with Crippen molar-refractivity contribution in [2.24, 2.45) is 0 Å². The molecule has 0 amide bonds. The van der Waals surface area contributed by atoms with Crippen LogP contribution in [0, 0.1) is 0 Å². The summed E-state index contributed by atoms with van der Waals surface area (Å²) in [4.78, 5) is 4.19. The van der Waals surface area contributed by atoms with Crippen molar-refractivity contribution in [2.75, 3.05) is 40.4 Å². The zero-order valence-corrected chi connectivity index (χ0v) is 11.3. The van der Waals surface area contributed by atoms with Gasteiger partial charge in [-0.05, 0) is 31.5 Å². The van der Waals surface area contributed by atoms with E-state index in [1.54, 1.807) is 7.05 Å². The Morgan fingerprint density at radius 2 is 2.00 bits per heavy atom. The minimum absolute atomic E-state index is 0.423. The van der Waals surface area contributed by atoms with Gasteiger partial charge in [0, 0.05) is 32.4 Å². The van der Waals surface area contributed by atoms with Gasteiger partial charge in [0.2, 0.25) is 0 Å². The van der Waals surface area contributed by atoms with E-state index < -0.39 is 11.7 Å². The first-order valence-corrected chi connectivity index (χ1v) is 6.48. The summed E-state index contributed by atoms with van der Waals surface area (Å²) in [5, 5.41) is 2.83. The number of alkyl halides is 3. The number of allylic oxidation sites excluding steroid dienone is 3. The molecule has 0 aromatic rings. The van der Waals surface area contributed by atoms with E-state index in [0.29, 0.717) is 30.7 Å². The number of nitrogens with zero attached hydrogens (tertiary/aromatic N) is 2. The predicted octanol–water partition coefficient (Wildman–Crippen LogP) is 1.95. The molecule has 0 bridgehead atoms. The highest BCUT2D eigenvalue weighted by Gasteiger charge is 2.37. The second kappa shape index (κ2) is 5.54. The lowest BCUT2D eigenvalue weighted by molar-refractivity contribution is -0.0897. The van der Waals surface area contributed by atoms with Gasteiger partial charge in [-0.2, -0.15) is 13.2 Å². The molecular weight excluding hydrogens is 255 g/mol. The second-order valence-corrected chi connectivity index (χ2v) is 5.21. The van der Waals surface area contributed by atoms with E-state index in [2.05, 4.69) is 15.1 Å². The van der Waals surface area contributed by atoms with Crippen molar-refractivity contribution >= 4 is 0 Å². The highest BCUT2D eigenvalue weighted by Crippen LogP contribution is 2.35. The summed E-state index contributed by atoms with van der Waals surface area (Å²) in [6.45, 7) is 2.93. The topological polar surface area (TPSA) is 18.5 Å². The summed E-state index contributed by atoms with van der Waals surface area (Å²) < 4.78 is 39.3. The fourth-order valence-corrected chi connectivity index (χ4v) is 2.61. The minimum Gasteiger partial charge on any atom is -0.391 e. The molecule has 1 saturated heterocycles. The first-order chi connectivity index (χ1) is 8.90. The van der Waals surface area contributed by atoms with Crippen LogP contribution in [0.15, 0.2) is 22.9 Å². The fourth-order valence-electron chi connectivity index (χ4n) is 2.61. The van der Waals surface area contributed by atoms with E-state index in [0.717, 1.165) is 19.8 Å². The van der Waals surface area contributed by atoms with Gasteiger partial charge in [-0.15, -0.1) is 0 Å². The third kappa shape index (κ3) is 3.51. The van der Waals surface area contributed by atoms with Gasteiger partial charge < -0.3 is 5.32 Å². The maximum absolute atomic E-state index is 13.1. The summed E-state index contributed by atoms with van der Waals surface area (Å²) in [6, 6.07) is 0. The van der Waals surface area contributed by atoms with E-state index in [-0.39, 0.29) is 0 Å². The van der Waals surface area contributed by atoms with Gasteiger partial charge in [-0.3, -0.25) is 9.80 Å². The Morgan fingerprint density at radius 3 is 2.53 bits per heavy atom. The quantitative estimate of drug-likeness (QED) is 0.849. The molecule has 1 N–H and O–H groups in total. The molecule has 0 aromatic carbocycles. The zero-order chi connectivity index (χ0) is 14.0. The van der Waals surface area contributed by atoms with E-state index in [9.17, 15) is 13.2 Å². The third-order valence-electron chi connectivity index (χ3n) is 3.68.